The lowest BCUT2D eigenvalue weighted by molar-refractivity contribution is -0.0303. The molecule has 0 radical (unpaired) electrons. The van der Waals surface area contributed by atoms with Gasteiger partial charge >= 0.3 is 0 Å². The van der Waals surface area contributed by atoms with Crippen molar-refractivity contribution in [2.24, 2.45) is 0 Å². The van der Waals surface area contributed by atoms with E-state index in [1.165, 1.54) is 6.33 Å². The molecule has 0 saturated carbocycles. The van der Waals surface area contributed by atoms with Gasteiger partial charge in [-0.2, -0.15) is 10.4 Å². The summed E-state index contributed by atoms with van der Waals surface area (Å²) in [6.07, 6.45) is 8.50. The number of nitrogens with zero attached hydrogens (tertiary/aromatic N) is 7. The van der Waals surface area contributed by atoms with Gasteiger partial charge in [0, 0.05) is 36.6 Å². The van der Waals surface area contributed by atoms with Gasteiger partial charge in [0.25, 0.3) is 5.91 Å². The van der Waals surface area contributed by atoms with E-state index in [9.17, 15) is 10.1 Å². The zero-order valence-electron chi connectivity index (χ0n) is 23.3. The number of amides is 1. The fraction of sp³-hybridized carbons (Fsp3) is 0.333. The number of hydrogen-bond donors (Lipinski definition) is 1. The summed E-state index contributed by atoms with van der Waals surface area (Å²) in [4.78, 5) is 27.9. The Morgan fingerprint density at radius 3 is 2.60 bits per heavy atom. The third-order valence-corrected chi connectivity index (χ3v) is 7.35. The van der Waals surface area contributed by atoms with Crippen LogP contribution in [0.5, 0.6) is 11.5 Å². The van der Waals surface area contributed by atoms with Gasteiger partial charge in [0.2, 0.25) is 5.95 Å². The molecule has 3 atom stereocenters. The van der Waals surface area contributed by atoms with Crippen LogP contribution >= 0.6 is 0 Å². The summed E-state index contributed by atoms with van der Waals surface area (Å²) in [7, 11) is 1.56. The largest absolute Gasteiger partial charge is 0.495 e. The fourth-order valence-corrected chi connectivity index (χ4v) is 5.29. The minimum atomic E-state index is -0.238. The van der Waals surface area contributed by atoms with Gasteiger partial charge in [-0.3, -0.25) is 4.79 Å². The Balaban J connectivity index is 1.14. The van der Waals surface area contributed by atoms with Crippen molar-refractivity contribution in [3.8, 4) is 28.7 Å². The molecule has 12 nitrogen and oxygen atoms in total. The number of ether oxygens (including phenoxy) is 3. The van der Waals surface area contributed by atoms with Crippen LogP contribution in [0.4, 0.5) is 11.6 Å². The van der Waals surface area contributed by atoms with Crippen LogP contribution in [0.3, 0.4) is 0 Å². The topological polar surface area (TPSA) is 140 Å². The first-order valence-electron chi connectivity index (χ1n) is 13.7. The second-order valence-electron chi connectivity index (χ2n) is 10.4. The zero-order valence-corrected chi connectivity index (χ0v) is 23.3. The summed E-state index contributed by atoms with van der Waals surface area (Å²) in [6.45, 7) is 3.63. The molecule has 4 aromatic rings. The number of methoxy groups -OCH3 is 1. The van der Waals surface area contributed by atoms with Crippen LogP contribution in [-0.2, 0) is 11.3 Å². The van der Waals surface area contributed by atoms with Gasteiger partial charge in [0.05, 0.1) is 37.1 Å². The van der Waals surface area contributed by atoms with E-state index in [0.29, 0.717) is 53.9 Å². The first kappa shape index (κ1) is 27.2. The molecule has 0 aliphatic carbocycles. The van der Waals surface area contributed by atoms with Gasteiger partial charge in [0.15, 0.2) is 0 Å². The average molecular weight is 567 g/mol. The van der Waals surface area contributed by atoms with E-state index < -0.39 is 0 Å². The van der Waals surface area contributed by atoms with Crippen molar-refractivity contribution in [3.63, 3.8) is 0 Å². The normalized spacial score (nSPS) is 18.3. The molecule has 0 spiro atoms. The smallest absolute Gasteiger partial charge is 0.254 e. The number of aromatic nitrogens is 5. The number of anilines is 2. The predicted octanol–water partition coefficient (Wildman–Crippen LogP) is 3.83. The van der Waals surface area contributed by atoms with Crippen LogP contribution in [0.25, 0.3) is 11.1 Å². The van der Waals surface area contributed by atoms with E-state index in [4.69, 9.17) is 14.2 Å². The monoisotopic (exact) mass is 566 g/mol. The number of nitriles is 1. The van der Waals surface area contributed by atoms with E-state index in [0.717, 1.165) is 24.0 Å². The lowest BCUT2D eigenvalue weighted by Crippen LogP contribution is -2.45. The van der Waals surface area contributed by atoms with E-state index in [2.05, 4.69) is 31.4 Å². The molecule has 2 bridgehead atoms. The summed E-state index contributed by atoms with van der Waals surface area (Å²) < 4.78 is 19.2. The van der Waals surface area contributed by atoms with E-state index in [-0.39, 0.29) is 24.2 Å². The zero-order chi connectivity index (χ0) is 29.1. The molecule has 2 aliphatic heterocycles. The van der Waals surface area contributed by atoms with Gasteiger partial charge in [-0.1, -0.05) is 6.07 Å². The van der Waals surface area contributed by atoms with Gasteiger partial charge in [-0.25, -0.2) is 19.6 Å². The van der Waals surface area contributed by atoms with Crippen LogP contribution in [0, 0.1) is 11.3 Å². The molecule has 1 amide bonds. The van der Waals surface area contributed by atoms with Crippen molar-refractivity contribution in [2.75, 3.05) is 25.5 Å². The van der Waals surface area contributed by atoms with E-state index in [1.54, 1.807) is 60.8 Å². The number of carbonyl (C=O) groups is 1. The Hall–Kier alpha value is -5.02. The van der Waals surface area contributed by atoms with Gasteiger partial charge in [-0.05, 0) is 55.7 Å². The molecule has 2 fully saturated rings. The molecule has 2 aromatic heterocycles. The molecule has 1 N–H and O–H groups in total. The van der Waals surface area contributed by atoms with Gasteiger partial charge in [-0.15, -0.1) is 0 Å². The van der Waals surface area contributed by atoms with E-state index >= 15 is 0 Å². The number of morpholine rings is 1. The first-order valence-corrected chi connectivity index (χ1v) is 13.7. The Morgan fingerprint density at radius 1 is 1.12 bits per heavy atom. The lowest BCUT2D eigenvalue weighted by atomic mass is 10.1. The highest BCUT2D eigenvalue weighted by atomic mass is 16.5. The summed E-state index contributed by atoms with van der Waals surface area (Å²) >= 11 is 0. The highest BCUT2D eigenvalue weighted by Crippen LogP contribution is 2.32. The molecule has 42 heavy (non-hydrogen) atoms. The van der Waals surface area contributed by atoms with Crippen molar-refractivity contribution in [1.29, 1.82) is 5.26 Å². The maximum absolute atomic E-state index is 13.2. The Kier molecular flexibility index (Phi) is 7.66. The van der Waals surface area contributed by atoms with Crippen LogP contribution in [0.15, 0.2) is 61.4 Å². The minimum Gasteiger partial charge on any atom is -0.495 e. The molecular formula is C30H30N8O4. The molecule has 2 aliphatic rings. The summed E-state index contributed by atoms with van der Waals surface area (Å²) in [6, 6.07) is 12.8. The molecule has 2 aromatic carbocycles. The SMILES string of the molecule is COc1cc(C(=O)N2C[C@H]3CC[C@@H](C2)O3)ccc1Nc1ncc(-c2ccc(C#N)c(OC(C)Cn3cncn3)c2)cn1. The molecule has 2 saturated heterocycles. The van der Waals surface area contributed by atoms with Crippen molar-refractivity contribution < 1.29 is 19.0 Å². The van der Waals surface area contributed by atoms with Crippen molar-refractivity contribution in [3.05, 3.63) is 72.6 Å². The second kappa shape index (κ2) is 11.8. The quantitative estimate of drug-likeness (QED) is 0.318. The molecule has 1 unspecified atom stereocenters. The first-order chi connectivity index (χ1) is 20.5. The number of likely N-dealkylation sites (tertiary alicyclic amines) is 1. The highest BCUT2D eigenvalue weighted by molar-refractivity contribution is 5.95. The Labute approximate surface area is 242 Å². The maximum atomic E-state index is 13.2. The molecular weight excluding hydrogens is 536 g/mol. The third-order valence-electron chi connectivity index (χ3n) is 7.35. The predicted molar refractivity (Wildman–Crippen MR) is 152 cm³/mol. The standard InChI is InChI=1S/C30H30N8O4/c1-19(14-38-18-32-17-35-38)41-27-9-20(3-4-22(27)11-31)23-12-33-30(34-13-23)36-26-8-5-21(10-28(26)40-2)29(39)37-15-24-6-7-25(16-37)42-24/h3-5,8-10,12-13,17-19,24-25H,6-7,14-16H2,1-2H3,(H,33,34,36)/t19?,24-,25+. The minimum absolute atomic E-state index is 0.0285. The number of benzene rings is 2. The van der Waals surface area contributed by atoms with Crippen LogP contribution in [-0.4, -0.2) is 74.1 Å². The lowest BCUT2D eigenvalue weighted by Gasteiger charge is -2.32. The van der Waals surface area contributed by atoms with Crippen molar-refractivity contribution >= 4 is 17.5 Å². The van der Waals surface area contributed by atoms with E-state index in [1.807, 2.05) is 17.9 Å². The Morgan fingerprint density at radius 2 is 1.90 bits per heavy atom. The van der Waals surface area contributed by atoms with Gasteiger partial charge < -0.3 is 24.4 Å². The maximum Gasteiger partial charge on any atom is 0.254 e. The molecule has 6 rings (SSSR count). The second-order valence-corrected chi connectivity index (χ2v) is 10.4. The summed E-state index contributed by atoms with van der Waals surface area (Å²) in [5.41, 5.74) is 3.19. The highest BCUT2D eigenvalue weighted by Gasteiger charge is 2.36. The summed E-state index contributed by atoms with van der Waals surface area (Å²) in [5.74, 6) is 1.32. The number of hydrogen-bond acceptors (Lipinski definition) is 10. The average Bonchev–Trinajstić information content (AvgIpc) is 3.65. The Bertz CT molecular complexity index is 1590. The van der Waals surface area contributed by atoms with Gasteiger partial charge in [0.1, 0.15) is 36.3 Å². The van der Waals surface area contributed by atoms with Crippen LogP contribution in [0.2, 0.25) is 0 Å². The van der Waals surface area contributed by atoms with Crippen LogP contribution in [0.1, 0.15) is 35.7 Å². The van der Waals surface area contributed by atoms with Crippen LogP contribution < -0.4 is 14.8 Å². The number of carbonyl (C=O) groups excluding carboxylic acids is 1. The number of nitrogens with one attached hydrogen (secondary N) is 1. The fourth-order valence-electron chi connectivity index (χ4n) is 5.29. The molecule has 4 heterocycles. The van der Waals surface area contributed by atoms with Crippen molar-refractivity contribution in [1.82, 2.24) is 29.6 Å². The van der Waals surface area contributed by atoms with Crippen molar-refractivity contribution in [2.45, 2.75) is 44.6 Å². The number of fused-ring (bicyclic) bond motifs is 2. The summed E-state index contributed by atoms with van der Waals surface area (Å²) in [5, 5.41) is 16.9. The molecule has 214 valence electrons. The third kappa shape index (κ3) is 5.87. The molecule has 12 heteroatoms. The number of rotatable bonds is 9.